The van der Waals surface area contributed by atoms with E-state index in [9.17, 15) is 0 Å². The van der Waals surface area contributed by atoms with Gasteiger partial charge in [0.25, 0.3) is 0 Å². The Labute approximate surface area is 345 Å². The van der Waals surface area contributed by atoms with E-state index in [1.807, 2.05) is 72.0 Å². The van der Waals surface area contributed by atoms with Crippen LogP contribution in [0.5, 0.6) is 0 Å². The second-order valence-corrected chi connectivity index (χ2v) is 15.6. The van der Waals surface area contributed by atoms with E-state index in [2.05, 4.69) is 146 Å². The number of benzene rings is 8. The fourth-order valence-corrected chi connectivity index (χ4v) is 9.33. The lowest BCUT2D eigenvalue weighted by Crippen LogP contribution is -2.00. The third-order valence-electron chi connectivity index (χ3n) is 10.9. The van der Waals surface area contributed by atoms with E-state index < -0.39 is 0 Å². The quantitative estimate of drug-likeness (QED) is 0.162. The summed E-state index contributed by atoms with van der Waals surface area (Å²) in [5.74, 6) is 1.94. The molecule has 11 rings (SSSR count). The highest BCUT2D eigenvalue weighted by atomic mass is 32.1. The Balaban J connectivity index is 1.03. The molecule has 0 bridgehead atoms. The normalized spacial score (nSPS) is 11.4. The molecule has 0 radical (unpaired) electrons. The number of nitrogens with zero attached hydrogens (tertiary/aromatic N) is 4. The van der Waals surface area contributed by atoms with Crippen molar-refractivity contribution in [3.8, 4) is 78.1 Å². The van der Waals surface area contributed by atoms with E-state index in [1.54, 1.807) is 0 Å². The molecular formula is C54H34N4S. The summed E-state index contributed by atoms with van der Waals surface area (Å²) in [5, 5.41) is 4.81. The first kappa shape index (κ1) is 34.6. The zero-order valence-corrected chi connectivity index (χ0v) is 32.6. The van der Waals surface area contributed by atoms with Crippen molar-refractivity contribution in [3.05, 3.63) is 206 Å². The zero-order valence-electron chi connectivity index (χ0n) is 31.8. The van der Waals surface area contributed by atoms with Gasteiger partial charge in [-0.3, -0.25) is 0 Å². The van der Waals surface area contributed by atoms with Crippen LogP contribution in [-0.2, 0) is 0 Å². The molecule has 4 nitrogen and oxygen atoms in total. The molecule has 5 heteroatoms. The van der Waals surface area contributed by atoms with E-state index in [1.165, 1.54) is 42.2 Å². The van der Waals surface area contributed by atoms with Gasteiger partial charge in [0.15, 0.2) is 17.5 Å². The Morgan fingerprint density at radius 2 is 0.780 bits per heavy atom. The van der Waals surface area contributed by atoms with Gasteiger partial charge >= 0.3 is 0 Å². The molecule has 3 heterocycles. The molecule has 0 aliphatic rings. The summed E-state index contributed by atoms with van der Waals surface area (Å²) in [7, 11) is 0. The Kier molecular flexibility index (Phi) is 8.64. The Morgan fingerprint density at radius 1 is 0.322 bits per heavy atom. The predicted molar refractivity (Wildman–Crippen MR) is 246 cm³/mol. The van der Waals surface area contributed by atoms with E-state index in [4.69, 9.17) is 19.9 Å². The highest BCUT2D eigenvalue weighted by Crippen LogP contribution is 2.50. The van der Waals surface area contributed by atoms with Crippen LogP contribution in [-0.4, -0.2) is 19.9 Å². The minimum Gasteiger partial charge on any atom is -0.247 e. The summed E-state index contributed by atoms with van der Waals surface area (Å²) >= 11 is 1.86. The van der Waals surface area contributed by atoms with Gasteiger partial charge in [-0.05, 0) is 45.2 Å². The lowest BCUT2D eigenvalue weighted by Gasteiger charge is -2.12. The van der Waals surface area contributed by atoms with Crippen LogP contribution in [0.15, 0.2) is 206 Å². The molecule has 11 aromatic rings. The first-order valence-corrected chi connectivity index (χ1v) is 20.5. The Morgan fingerprint density at radius 3 is 1.39 bits per heavy atom. The minimum absolute atomic E-state index is 0.639. The molecule has 0 fully saturated rings. The Hall–Kier alpha value is -7.60. The monoisotopic (exact) mass is 770 g/mol. The summed E-state index contributed by atoms with van der Waals surface area (Å²) in [6.45, 7) is 0. The molecule has 0 spiro atoms. The van der Waals surface area contributed by atoms with Gasteiger partial charge in [0.2, 0.25) is 0 Å². The van der Waals surface area contributed by atoms with Crippen LogP contribution in [0, 0.1) is 0 Å². The van der Waals surface area contributed by atoms with E-state index >= 15 is 0 Å². The highest BCUT2D eigenvalue weighted by molar-refractivity contribution is 7.24. The molecule has 3 aromatic heterocycles. The van der Waals surface area contributed by atoms with Crippen molar-refractivity contribution in [1.82, 2.24) is 19.9 Å². The summed E-state index contributed by atoms with van der Waals surface area (Å²) < 4.78 is 1.25. The van der Waals surface area contributed by atoms with Gasteiger partial charge in [0.1, 0.15) is 0 Å². The van der Waals surface area contributed by atoms with Crippen molar-refractivity contribution in [2.24, 2.45) is 0 Å². The second-order valence-electron chi connectivity index (χ2n) is 14.6. The van der Waals surface area contributed by atoms with Crippen molar-refractivity contribution >= 4 is 43.1 Å². The zero-order chi connectivity index (χ0) is 39.1. The maximum absolute atomic E-state index is 5.35. The highest BCUT2D eigenvalue weighted by Gasteiger charge is 2.23. The second kappa shape index (κ2) is 14.7. The van der Waals surface area contributed by atoms with Gasteiger partial charge in [-0.25, -0.2) is 19.9 Å². The average Bonchev–Trinajstić information content (AvgIpc) is 3.73. The molecule has 8 aromatic carbocycles. The molecule has 59 heavy (non-hydrogen) atoms. The van der Waals surface area contributed by atoms with Crippen molar-refractivity contribution in [3.63, 3.8) is 0 Å². The van der Waals surface area contributed by atoms with Crippen LogP contribution in [0.25, 0.3) is 110 Å². The number of hydrogen-bond acceptors (Lipinski definition) is 5. The van der Waals surface area contributed by atoms with Crippen LogP contribution < -0.4 is 0 Å². The summed E-state index contributed by atoms with van der Waals surface area (Å²) in [5.41, 5.74) is 11.7. The molecule has 0 unspecified atom stereocenters. The summed E-state index contributed by atoms with van der Waals surface area (Å²) in [4.78, 5) is 21.3. The lowest BCUT2D eigenvalue weighted by atomic mass is 9.93. The molecular weight excluding hydrogens is 737 g/mol. The third-order valence-corrected chi connectivity index (χ3v) is 12.2. The largest absolute Gasteiger partial charge is 0.247 e. The van der Waals surface area contributed by atoms with Gasteiger partial charge in [-0.1, -0.05) is 194 Å². The summed E-state index contributed by atoms with van der Waals surface area (Å²) in [6, 6.07) is 72.2. The first-order chi connectivity index (χ1) is 29.2. The number of hydrogen-bond donors (Lipinski definition) is 0. The van der Waals surface area contributed by atoms with Crippen molar-refractivity contribution < 1.29 is 0 Å². The molecule has 0 saturated heterocycles. The molecule has 0 saturated carbocycles. The van der Waals surface area contributed by atoms with Crippen molar-refractivity contribution in [1.29, 1.82) is 0 Å². The van der Waals surface area contributed by atoms with E-state index in [0.29, 0.717) is 17.5 Å². The number of fused-ring (bicyclic) bond motifs is 4. The van der Waals surface area contributed by atoms with Crippen LogP contribution in [0.3, 0.4) is 0 Å². The fourth-order valence-electron chi connectivity index (χ4n) is 7.98. The molecule has 0 N–H and O–H groups in total. The van der Waals surface area contributed by atoms with Crippen LogP contribution >= 0.6 is 11.3 Å². The van der Waals surface area contributed by atoms with Gasteiger partial charge in [-0.2, -0.15) is 0 Å². The summed E-state index contributed by atoms with van der Waals surface area (Å²) in [6.07, 6.45) is 0. The smallest absolute Gasteiger partial charge is 0.164 e. The number of thiophene rings is 1. The topological polar surface area (TPSA) is 51.6 Å². The lowest BCUT2D eigenvalue weighted by molar-refractivity contribution is 1.07. The number of para-hydroxylation sites is 1. The number of pyridine rings is 1. The molecule has 0 aliphatic heterocycles. The standard InChI is InChI=1S/C54H34N4S/c1-4-15-39(16-5-1)49-48-47(50(44-33-28-35-14-10-11-21-43(35)34-44)59-51(48)45-22-12-13-23-46(45)55-49)38-29-24-36(25-30-38)37-26-31-42(32-27-37)54-57-52(40-17-6-2-7-18-40)56-53(58-54)41-19-8-3-9-20-41/h1-34H. The van der Waals surface area contributed by atoms with E-state index in [0.717, 1.165) is 50.2 Å². The van der Waals surface area contributed by atoms with Crippen LogP contribution in [0.2, 0.25) is 0 Å². The van der Waals surface area contributed by atoms with Gasteiger partial charge in [0, 0.05) is 48.2 Å². The minimum atomic E-state index is 0.639. The first-order valence-electron chi connectivity index (χ1n) is 19.7. The van der Waals surface area contributed by atoms with Crippen LogP contribution in [0.4, 0.5) is 0 Å². The molecule has 0 atom stereocenters. The van der Waals surface area contributed by atoms with Crippen molar-refractivity contribution in [2.75, 3.05) is 0 Å². The SMILES string of the molecule is c1ccc(-c2nc(-c3ccccc3)nc(-c3ccc(-c4ccc(-c5c(-c6ccc7ccccc7c6)sc6c5c(-c5ccccc5)nc5ccccc56)cc4)cc3)n2)cc1. The van der Waals surface area contributed by atoms with E-state index in [-0.39, 0.29) is 0 Å². The van der Waals surface area contributed by atoms with Gasteiger partial charge in [0.05, 0.1) is 11.2 Å². The maximum Gasteiger partial charge on any atom is 0.164 e. The predicted octanol–water partition coefficient (Wildman–Crippen LogP) is 14.5. The van der Waals surface area contributed by atoms with Gasteiger partial charge in [-0.15, -0.1) is 11.3 Å². The van der Waals surface area contributed by atoms with Crippen LogP contribution in [0.1, 0.15) is 0 Å². The molecule has 0 aliphatic carbocycles. The third kappa shape index (κ3) is 6.44. The Bertz CT molecular complexity index is 3230. The number of aromatic nitrogens is 4. The average molecular weight is 771 g/mol. The van der Waals surface area contributed by atoms with Gasteiger partial charge < -0.3 is 0 Å². The van der Waals surface area contributed by atoms with Crippen molar-refractivity contribution in [2.45, 2.75) is 0 Å². The molecule has 276 valence electrons. The maximum atomic E-state index is 5.35. The fraction of sp³-hybridized carbons (Fsp3) is 0. The molecule has 0 amide bonds. The number of rotatable bonds is 7.